The zero-order chi connectivity index (χ0) is 8.60. The van der Waals surface area contributed by atoms with Crippen LogP contribution < -0.4 is 0 Å². The third-order valence-electron chi connectivity index (χ3n) is 2.42. The maximum absolute atomic E-state index is 13.6. The Morgan fingerprint density at radius 3 is 2.50 bits per heavy atom. The Kier molecular flexibility index (Phi) is 1.60. The second kappa shape index (κ2) is 2.51. The van der Waals surface area contributed by atoms with Gasteiger partial charge in [-0.3, -0.25) is 4.98 Å². The van der Waals surface area contributed by atoms with Gasteiger partial charge < -0.3 is 0 Å². The molecule has 0 unspecified atom stereocenters. The summed E-state index contributed by atoms with van der Waals surface area (Å²) in [7, 11) is 0. The van der Waals surface area contributed by atoms with Crippen LogP contribution in [-0.4, -0.2) is 11.2 Å². The Hall–Kier alpha value is -0.990. The van der Waals surface area contributed by atoms with E-state index in [1.165, 1.54) is 24.5 Å². The highest BCUT2D eigenvalue weighted by Gasteiger charge is 2.49. The molecule has 0 bridgehead atoms. The largest absolute Gasteiger partial charge is 0.265 e. The van der Waals surface area contributed by atoms with E-state index >= 15 is 0 Å². The zero-order valence-electron chi connectivity index (χ0n) is 6.50. The smallest absolute Gasteiger partial charge is 0.167 e. The Bertz CT molecular complexity index is 275. The average molecular weight is 169 g/mol. The summed E-state index contributed by atoms with van der Waals surface area (Å²) < 4.78 is 26.5. The molecular weight excluding hydrogens is 160 g/mol. The lowest BCUT2D eigenvalue weighted by molar-refractivity contribution is -0.0429. The first-order chi connectivity index (χ1) is 5.73. The molecule has 0 spiro atoms. The second-order valence-corrected chi connectivity index (χ2v) is 3.10. The van der Waals surface area contributed by atoms with Crippen molar-refractivity contribution >= 4 is 0 Å². The van der Waals surface area contributed by atoms with Gasteiger partial charge in [0.05, 0.1) is 0 Å². The predicted octanol–water partition coefficient (Wildman–Crippen LogP) is 2.38. The number of aromatic nitrogens is 1. The lowest BCUT2D eigenvalue weighted by Gasteiger charge is -2.37. The molecule has 3 heteroatoms. The minimum Gasteiger partial charge on any atom is -0.265 e. The maximum atomic E-state index is 13.6. The quantitative estimate of drug-likeness (QED) is 0.629. The number of pyridine rings is 1. The van der Waals surface area contributed by atoms with E-state index in [1.807, 2.05) is 0 Å². The van der Waals surface area contributed by atoms with Crippen LogP contribution in [0.5, 0.6) is 0 Å². The van der Waals surface area contributed by atoms with Crippen LogP contribution in [0, 0.1) is 0 Å². The molecule has 1 aromatic rings. The first-order valence-corrected chi connectivity index (χ1v) is 3.97. The van der Waals surface area contributed by atoms with E-state index in [2.05, 4.69) is 4.98 Å². The highest BCUT2D eigenvalue weighted by Crippen LogP contribution is 2.46. The summed E-state index contributed by atoms with van der Waals surface area (Å²) in [6.07, 6.45) is 2.26. The lowest BCUT2D eigenvalue weighted by atomic mass is 9.75. The van der Waals surface area contributed by atoms with Gasteiger partial charge >= 0.3 is 0 Å². The van der Waals surface area contributed by atoms with Gasteiger partial charge in [0.25, 0.3) is 0 Å². The molecule has 0 aliphatic heterocycles. The summed E-state index contributed by atoms with van der Waals surface area (Å²) in [5.74, 6) is 0. The van der Waals surface area contributed by atoms with E-state index < -0.39 is 11.8 Å². The van der Waals surface area contributed by atoms with Gasteiger partial charge in [-0.05, 0) is 30.5 Å². The summed E-state index contributed by atoms with van der Waals surface area (Å²) >= 11 is 0. The van der Waals surface area contributed by atoms with E-state index in [-0.39, 0.29) is 6.42 Å². The molecular formula is C9H9F2N. The topological polar surface area (TPSA) is 12.9 Å². The molecule has 2 rings (SSSR count). The number of halogens is 2. The number of rotatable bonds is 1. The normalized spacial score (nSPS) is 34.3. The van der Waals surface area contributed by atoms with Crippen LogP contribution in [0.4, 0.5) is 8.78 Å². The molecule has 2 atom stereocenters. The lowest BCUT2D eigenvalue weighted by Crippen LogP contribution is -2.42. The van der Waals surface area contributed by atoms with Gasteiger partial charge in [0.15, 0.2) is 5.67 Å². The fraction of sp³-hybridized carbons (Fsp3) is 0.444. The van der Waals surface area contributed by atoms with Gasteiger partial charge in [-0.1, -0.05) is 0 Å². The molecule has 0 aromatic carbocycles. The molecule has 0 saturated heterocycles. The van der Waals surface area contributed by atoms with Crippen LogP contribution >= 0.6 is 0 Å². The molecule has 1 heterocycles. The molecule has 1 fully saturated rings. The van der Waals surface area contributed by atoms with Gasteiger partial charge in [0, 0.05) is 12.4 Å². The first kappa shape index (κ1) is 7.65. The van der Waals surface area contributed by atoms with Gasteiger partial charge in [0.2, 0.25) is 0 Å². The van der Waals surface area contributed by atoms with E-state index in [0.29, 0.717) is 12.0 Å². The van der Waals surface area contributed by atoms with E-state index in [0.717, 1.165) is 0 Å². The van der Waals surface area contributed by atoms with Crippen molar-refractivity contribution in [1.29, 1.82) is 0 Å². The van der Waals surface area contributed by atoms with Crippen molar-refractivity contribution < 1.29 is 8.78 Å². The minimum absolute atomic E-state index is 0.290. The van der Waals surface area contributed by atoms with Crippen LogP contribution in [0.1, 0.15) is 18.4 Å². The second-order valence-electron chi connectivity index (χ2n) is 3.10. The third kappa shape index (κ3) is 0.924. The molecule has 1 aromatic heterocycles. The molecule has 0 radical (unpaired) electrons. The highest BCUT2D eigenvalue weighted by molar-refractivity contribution is 5.24. The first-order valence-electron chi connectivity index (χ1n) is 3.97. The highest BCUT2D eigenvalue weighted by atomic mass is 19.2. The van der Waals surface area contributed by atoms with Crippen molar-refractivity contribution in [3.8, 4) is 0 Å². The van der Waals surface area contributed by atoms with Crippen molar-refractivity contribution in [2.24, 2.45) is 0 Å². The van der Waals surface area contributed by atoms with E-state index in [1.54, 1.807) is 0 Å². The van der Waals surface area contributed by atoms with Crippen LogP contribution in [0.15, 0.2) is 24.5 Å². The molecule has 12 heavy (non-hydrogen) atoms. The number of nitrogens with zero attached hydrogens (tertiary/aromatic N) is 1. The maximum Gasteiger partial charge on any atom is 0.167 e. The molecule has 64 valence electrons. The fourth-order valence-electron chi connectivity index (χ4n) is 1.46. The van der Waals surface area contributed by atoms with Crippen molar-refractivity contribution in [3.05, 3.63) is 30.1 Å². The van der Waals surface area contributed by atoms with Crippen LogP contribution in [0.3, 0.4) is 0 Å². The Morgan fingerprint density at radius 2 is 2.08 bits per heavy atom. The van der Waals surface area contributed by atoms with Crippen molar-refractivity contribution in [3.63, 3.8) is 0 Å². The number of alkyl halides is 2. The Morgan fingerprint density at radius 1 is 1.42 bits per heavy atom. The molecule has 1 aliphatic rings. The van der Waals surface area contributed by atoms with Crippen molar-refractivity contribution in [2.75, 3.05) is 0 Å². The molecule has 1 aliphatic carbocycles. The monoisotopic (exact) mass is 169 g/mol. The zero-order valence-corrected chi connectivity index (χ0v) is 6.50. The molecule has 1 nitrogen and oxygen atoms in total. The summed E-state index contributed by atoms with van der Waals surface area (Å²) in [4.78, 5) is 3.75. The SMILES string of the molecule is F[C@@H]1CC[C@@]1(F)c1ccncc1. The van der Waals surface area contributed by atoms with Crippen molar-refractivity contribution in [2.45, 2.75) is 24.7 Å². The van der Waals surface area contributed by atoms with Crippen molar-refractivity contribution in [1.82, 2.24) is 4.98 Å². The van der Waals surface area contributed by atoms with Gasteiger partial charge in [-0.25, -0.2) is 8.78 Å². The average Bonchev–Trinajstić information content (AvgIpc) is 2.16. The predicted molar refractivity (Wildman–Crippen MR) is 41.2 cm³/mol. The van der Waals surface area contributed by atoms with Gasteiger partial charge in [-0.15, -0.1) is 0 Å². The number of hydrogen-bond acceptors (Lipinski definition) is 1. The standard InChI is InChI=1S/C9H9F2N/c10-8-1-4-9(8,11)7-2-5-12-6-3-7/h2-3,5-6,8H,1,4H2/t8-,9-/m1/s1. The molecule has 0 amide bonds. The summed E-state index contributed by atoms with van der Waals surface area (Å²) in [5.41, 5.74) is -1.32. The third-order valence-corrected chi connectivity index (χ3v) is 2.42. The van der Waals surface area contributed by atoms with Crippen LogP contribution in [0.25, 0.3) is 0 Å². The Balaban J connectivity index is 2.31. The molecule has 0 N–H and O–H groups in total. The Labute approximate surface area is 69.4 Å². The number of hydrogen-bond donors (Lipinski definition) is 0. The fourth-order valence-corrected chi connectivity index (χ4v) is 1.46. The summed E-state index contributed by atoms with van der Waals surface area (Å²) in [6.45, 7) is 0. The molecule has 1 saturated carbocycles. The van der Waals surface area contributed by atoms with Crippen LogP contribution in [0.2, 0.25) is 0 Å². The van der Waals surface area contributed by atoms with Gasteiger partial charge in [0.1, 0.15) is 6.17 Å². The van der Waals surface area contributed by atoms with Gasteiger partial charge in [-0.2, -0.15) is 0 Å². The van der Waals surface area contributed by atoms with E-state index in [9.17, 15) is 8.78 Å². The van der Waals surface area contributed by atoms with E-state index in [4.69, 9.17) is 0 Å². The summed E-state index contributed by atoms with van der Waals surface area (Å²) in [6, 6.07) is 3.07. The summed E-state index contributed by atoms with van der Waals surface area (Å²) in [5, 5.41) is 0. The minimum atomic E-state index is -1.73. The van der Waals surface area contributed by atoms with Crippen LogP contribution in [-0.2, 0) is 5.67 Å².